The molecule has 2 rings (SSSR count). The monoisotopic (exact) mass is 236 g/mol. The van der Waals surface area contributed by atoms with Gasteiger partial charge in [-0.1, -0.05) is 19.0 Å². The van der Waals surface area contributed by atoms with E-state index in [9.17, 15) is 4.39 Å². The minimum atomic E-state index is -0.579. The molecule has 1 aromatic heterocycles. The summed E-state index contributed by atoms with van der Waals surface area (Å²) in [6.07, 6.45) is 0.886. The standard InChI is InChI=1S/C12H13FN2O2/c1-3-7(2)11-14-12(17-15-11)9-5-4-8(16)6-10(9)13/h4-7,16H,3H2,1-2H3. The van der Waals surface area contributed by atoms with Gasteiger partial charge in [-0.15, -0.1) is 0 Å². The molecule has 0 saturated heterocycles. The van der Waals surface area contributed by atoms with Crippen LogP contribution in [0.15, 0.2) is 22.7 Å². The smallest absolute Gasteiger partial charge is 0.260 e. The Morgan fingerprint density at radius 3 is 2.88 bits per heavy atom. The van der Waals surface area contributed by atoms with Gasteiger partial charge in [0.05, 0.1) is 5.56 Å². The van der Waals surface area contributed by atoms with Crippen molar-refractivity contribution in [1.29, 1.82) is 0 Å². The molecule has 5 heteroatoms. The van der Waals surface area contributed by atoms with Crippen LogP contribution in [0.1, 0.15) is 32.0 Å². The second-order valence-corrected chi connectivity index (χ2v) is 3.93. The van der Waals surface area contributed by atoms with Gasteiger partial charge < -0.3 is 9.63 Å². The first-order chi connectivity index (χ1) is 8.11. The highest BCUT2D eigenvalue weighted by molar-refractivity contribution is 5.55. The third-order valence-electron chi connectivity index (χ3n) is 2.68. The number of rotatable bonds is 3. The minimum absolute atomic E-state index is 0.132. The van der Waals surface area contributed by atoms with Gasteiger partial charge >= 0.3 is 0 Å². The summed E-state index contributed by atoms with van der Waals surface area (Å²) in [5.74, 6) is 0.165. The molecule has 0 spiro atoms. The van der Waals surface area contributed by atoms with E-state index in [1.165, 1.54) is 12.1 Å². The van der Waals surface area contributed by atoms with Gasteiger partial charge in [-0.25, -0.2) is 4.39 Å². The molecule has 0 aliphatic rings. The lowest BCUT2D eigenvalue weighted by molar-refractivity contribution is 0.414. The van der Waals surface area contributed by atoms with Crippen molar-refractivity contribution in [3.63, 3.8) is 0 Å². The number of phenols is 1. The van der Waals surface area contributed by atoms with Crippen molar-refractivity contribution in [3.8, 4) is 17.2 Å². The Hall–Kier alpha value is -1.91. The van der Waals surface area contributed by atoms with Gasteiger partial charge in [0.1, 0.15) is 11.6 Å². The zero-order valence-electron chi connectivity index (χ0n) is 9.64. The van der Waals surface area contributed by atoms with Gasteiger partial charge in [0.2, 0.25) is 0 Å². The highest BCUT2D eigenvalue weighted by atomic mass is 19.1. The number of aromatic hydroxyl groups is 1. The van der Waals surface area contributed by atoms with Crippen LogP contribution >= 0.6 is 0 Å². The van der Waals surface area contributed by atoms with E-state index in [-0.39, 0.29) is 23.1 Å². The molecule has 0 amide bonds. The molecule has 0 aliphatic carbocycles. The summed E-state index contributed by atoms with van der Waals surface area (Å²) in [6.45, 7) is 3.99. The van der Waals surface area contributed by atoms with Gasteiger partial charge in [0.15, 0.2) is 5.82 Å². The van der Waals surface area contributed by atoms with Crippen molar-refractivity contribution >= 4 is 0 Å². The largest absolute Gasteiger partial charge is 0.508 e. The third kappa shape index (κ3) is 2.27. The van der Waals surface area contributed by atoms with Gasteiger partial charge in [-0.2, -0.15) is 4.98 Å². The fraction of sp³-hybridized carbons (Fsp3) is 0.333. The van der Waals surface area contributed by atoms with Crippen molar-refractivity contribution in [3.05, 3.63) is 29.8 Å². The first-order valence-corrected chi connectivity index (χ1v) is 5.44. The van der Waals surface area contributed by atoms with Crippen molar-refractivity contribution in [2.24, 2.45) is 0 Å². The maximum Gasteiger partial charge on any atom is 0.260 e. The molecule has 0 fully saturated rings. The van der Waals surface area contributed by atoms with Crippen LogP contribution in [0.4, 0.5) is 4.39 Å². The molecule has 0 saturated carbocycles. The highest BCUT2D eigenvalue weighted by Gasteiger charge is 2.16. The van der Waals surface area contributed by atoms with Gasteiger partial charge in [0, 0.05) is 12.0 Å². The summed E-state index contributed by atoms with van der Waals surface area (Å²) in [4.78, 5) is 4.14. The minimum Gasteiger partial charge on any atom is -0.508 e. The van der Waals surface area contributed by atoms with Crippen LogP contribution in [0.2, 0.25) is 0 Å². The van der Waals surface area contributed by atoms with E-state index in [0.29, 0.717) is 5.82 Å². The fourth-order valence-electron chi connectivity index (χ4n) is 1.40. The van der Waals surface area contributed by atoms with Crippen molar-refractivity contribution in [2.75, 3.05) is 0 Å². The molecule has 0 radical (unpaired) electrons. The lowest BCUT2D eigenvalue weighted by Gasteiger charge is -1.99. The van der Waals surface area contributed by atoms with Crippen LogP contribution in [0.25, 0.3) is 11.5 Å². The number of aromatic nitrogens is 2. The van der Waals surface area contributed by atoms with Crippen molar-refractivity contribution in [1.82, 2.24) is 10.1 Å². The van der Waals surface area contributed by atoms with E-state index < -0.39 is 5.82 Å². The molecule has 1 heterocycles. The number of nitrogens with zero attached hydrogens (tertiary/aromatic N) is 2. The zero-order valence-corrected chi connectivity index (χ0v) is 9.64. The zero-order chi connectivity index (χ0) is 12.4. The first-order valence-electron chi connectivity index (χ1n) is 5.44. The maximum atomic E-state index is 13.5. The Labute approximate surface area is 98.1 Å². The normalized spacial score (nSPS) is 12.6. The Morgan fingerprint density at radius 1 is 1.47 bits per heavy atom. The second-order valence-electron chi connectivity index (χ2n) is 3.93. The molecule has 0 bridgehead atoms. The Morgan fingerprint density at radius 2 is 2.24 bits per heavy atom. The Kier molecular flexibility index (Phi) is 3.08. The molecule has 90 valence electrons. The summed E-state index contributed by atoms with van der Waals surface area (Å²) in [5.41, 5.74) is 0.199. The van der Waals surface area contributed by atoms with Gasteiger partial charge in [-0.05, 0) is 18.6 Å². The molecular weight excluding hydrogens is 223 g/mol. The van der Waals surface area contributed by atoms with E-state index in [1.54, 1.807) is 0 Å². The molecule has 1 N–H and O–H groups in total. The SMILES string of the molecule is CCC(C)c1noc(-c2ccc(O)cc2F)n1. The summed E-state index contributed by atoms with van der Waals surface area (Å²) in [7, 11) is 0. The second kappa shape index (κ2) is 4.53. The average molecular weight is 236 g/mol. The van der Waals surface area contributed by atoms with E-state index in [0.717, 1.165) is 12.5 Å². The fourth-order valence-corrected chi connectivity index (χ4v) is 1.40. The van der Waals surface area contributed by atoms with Gasteiger partial charge in [-0.3, -0.25) is 0 Å². The number of benzene rings is 1. The third-order valence-corrected chi connectivity index (χ3v) is 2.68. The molecule has 0 aliphatic heterocycles. The van der Waals surface area contributed by atoms with E-state index in [1.807, 2.05) is 13.8 Å². The number of phenolic OH excluding ortho intramolecular Hbond substituents is 1. The molecule has 1 aromatic carbocycles. The van der Waals surface area contributed by atoms with Crippen LogP contribution < -0.4 is 0 Å². The molecule has 4 nitrogen and oxygen atoms in total. The predicted octanol–water partition coefficient (Wildman–Crippen LogP) is 3.09. The lowest BCUT2D eigenvalue weighted by Crippen LogP contribution is -1.93. The summed E-state index contributed by atoms with van der Waals surface area (Å²) < 4.78 is 18.6. The highest BCUT2D eigenvalue weighted by Crippen LogP contribution is 2.26. The summed E-state index contributed by atoms with van der Waals surface area (Å²) in [6, 6.07) is 3.81. The topological polar surface area (TPSA) is 59.2 Å². The molecule has 1 unspecified atom stereocenters. The average Bonchev–Trinajstić information content (AvgIpc) is 2.77. The van der Waals surface area contributed by atoms with Gasteiger partial charge in [0.25, 0.3) is 5.89 Å². The molecular formula is C12H13FN2O2. The summed E-state index contributed by atoms with van der Waals surface area (Å²) >= 11 is 0. The Bertz CT molecular complexity index is 525. The molecule has 2 aromatic rings. The number of halogens is 1. The number of hydrogen-bond acceptors (Lipinski definition) is 4. The molecule has 17 heavy (non-hydrogen) atoms. The first kappa shape index (κ1) is 11.6. The quantitative estimate of drug-likeness (QED) is 0.889. The lowest BCUT2D eigenvalue weighted by atomic mass is 10.1. The summed E-state index contributed by atoms with van der Waals surface area (Å²) in [5, 5.41) is 12.9. The van der Waals surface area contributed by atoms with Crippen LogP contribution in [-0.4, -0.2) is 15.2 Å². The van der Waals surface area contributed by atoms with E-state index in [2.05, 4.69) is 10.1 Å². The van der Waals surface area contributed by atoms with Crippen LogP contribution in [0, 0.1) is 5.82 Å². The van der Waals surface area contributed by atoms with Crippen LogP contribution in [0.5, 0.6) is 5.75 Å². The van der Waals surface area contributed by atoms with E-state index >= 15 is 0 Å². The number of hydrogen-bond donors (Lipinski definition) is 1. The van der Waals surface area contributed by atoms with Crippen molar-refractivity contribution in [2.45, 2.75) is 26.2 Å². The molecule has 1 atom stereocenters. The van der Waals surface area contributed by atoms with Crippen molar-refractivity contribution < 1.29 is 14.0 Å². The van der Waals surface area contributed by atoms with Crippen LogP contribution in [0.3, 0.4) is 0 Å². The maximum absolute atomic E-state index is 13.5. The van der Waals surface area contributed by atoms with E-state index in [4.69, 9.17) is 9.63 Å². The van der Waals surface area contributed by atoms with Crippen LogP contribution in [-0.2, 0) is 0 Å². The predicted molar refractivity (Wildman–Crippen MR) is 60.1 cm³/mol. The Balaban J connectivity index is 2.37.